The van der Waals surface area contributed by atoms with E-state index in [1.165, 1.54) is 18.2 Å². The number of amides is 3. The van der Waals surface area contributed by atoms with E-state index in [2.05, 4.69) is 21.2 Å². The van der Waals surface area contributed by atoms with E-state index in [1.807, 2.05) is 0 Å². The predicted octanol–water partition coefficient (Wildman–Crippen LogP) is 5.22. The molecule has 1 saturated heterocycles. The molecule has 1 spiro atoms. The van der Waals surface area contributed by atoms with Gasteiger partial charge in [0.15, 0.2) is 0 Å². The van der Waals surface area contributed by atoms with Crippen molar-refractivity contribution < 1.29 is 41.1 Å². The van der Waals surface area contributed by atoms with Crippen LogP contribution in [0.3, 0.4) is 0 Å². The molecule has 2 atom stereocenters. The van der Waals surface area contributed by atoms with Crippen LogP contribution in [0.15, 0.2) is 34.8 Å². The second kappa shape index (κ2) is 9.07. The van der Waals surface area contributed by atoms with Gasteiger partial charge in [-0.15, -0.1) is 0 Å². The summed E-state index contributed by atoms with van der Waals surface area (Å²) in [6, 6.07) is 6.16. The summed E-state index contributed by atoms with van der Waals surface area (Å²) in [5, 5.41) is 2.44. The Morgan fingerprint density at radius 1 is 1.19 bits per heavy atom. The molecule has 2 aromatic rings. The van der Waals surface area contributed by atoms with E-state index in [-0.39, 0.29) is 40.5 Å². The first-order chi connectivity index (χ1) is 17.4. The van der Waals surface area contributed by atoms with Gasteiger partial charge < -0.3 is 10.1 Å². The normalized spacial score (nSPS) is 21.8. The number of nitrogens with zero attached hydrogens (tertiary/aromatic N) is 1. The quantitative estimate of drug-likeness (QED) is 0.471. The van der Waals surface area contributed by atoms with E-state index in [1.54, 1.807) is 0 Å². The molecule has 0 bridgehead atoms. The van der Waals surface area contributed by atoms with Crippen LogP contribution in [0.1, 0.15) is 47.4 Å². The average molecular weight is 587 g/mol. The van der Waals surface area contributed by atoms with Crippen LogP contribution in [0.4, 0.5) is 26.7 Å². The van der Waals surface area contributed by atoms with Crippen LogP contribution in [-0.4, -0.2) is 35.5 Å². The number of hydrogen-bond donors (Lipinski definition) is 1. The standard InChI is InChI=1S/C25H20BrF5N2O4/c26-17-5-4-16-14(21(17)28)7-8-24(16)22(35)33(23(36)37-24)11-19(34)32-10-12-1-6-18(27)15(9-12)20(13-2-3-13)25(29,30)31/h1,4-6,9,13,20H,2-3,7-8,10-11H2,(H,32,34)/t20-,24?/m0/s1. The third-order valence-electron chi connectivity index (χ3n) is 7.06. The Balaban J connectivity index is 1.27. The number of carbonyl (C=O) groups is 3. The van der Waals surface area contributed by atoms with Gasteiger partial charge in [0.1, 0.15) is 18.2 Å². The molecule has 1 heterocycles. The second-order valence-electron chi connectivity index (χ2n) is 9.46. The molecule has 12 heteroatoms. The molecule has 2 fully saturated rings. The Bertz CT molecular complexity index is 1310. The number of nitrogens with one attached hydrogen (secondary N) is 1. The molecule has 5 rings (SSSR count). The summed E-state index contributed by atoms with van der Waals surface area (Å²) >= 11 is 3.08. The maximum Gasteiger partial charge on any atom is 0.418 e. The van der Waals surface area contributed by atoms with Gasteiger partial charge in [0.2, 0.25) is 11.5 Å². The summed E-state index contributed by atoms with van der Waals surface area (Å²) in [4.78, 5) is 38.8. The molecule has 1 saturated carbocycles. The average Bonchev–Trinajstić information content (AvgIpc) is 3.54. The highest BCUT2D eigenvalue weighted by Gasteiger charge is 2.59. The maximum absolute atomic E-state index is 14.5. The fraction of sp³-hybridized carbons (Fsp3) is 0.400. The summed E-state index contributed by atoms with van der Waals surface area (Å²) in [7, 11) is 0. The lowest BCUT2D eigenvalue weighted by atomic mass is 9.91. The Morgan fingerprint density at radius 3 is 2.59 bits per heavy atom. The fourth-order valence-electron chi connectivity index (χ4n) is 5.13. The highest BCUT2D eigenvalue weighted by atomic mass is 79.9. The van der Waals surface area contributed by atoms with Crippen LogP contribution in [-0.2, 0) is 32.9 Å². The van der Waals surface area contributed by atoms with Crippen molar-refractivity contribution in [3.63, 3.8) is 0 Å². The van der Waals surface area contributed by atoms with Crippen molar-refractivity contribution in [1.29, 1.82) is 0 Å². The molecule has 0 aromatic heterocycles. The fourth-order valence-corrected chi connectivity index (χ4v) is 5.50. The molecule has 37 heavy (non-hydrogen) atoms. The zero-order chi connectivity index (χ0) is 26.7. The first-order valence-corrected chi connectivity index (χ1v) is 12.4. The van der Waals surface area contributed by atoms with Gasteiger partial charge in [0.25, 0.3) is 5.91 Å². The molecular weight excluding hydrogens is 567 g/mol. The lowest BCUT2D eigenvalue weighted by Crippen LogP contribution is -2.43. The van der Waals surface area contributed by atoms with Gasteiger partial charge in [0, 0.05) is 24.1 Å². The number of imide groups is 1. The van der Waals surface area contributed by atoms with Crippen LogP contribution in [0, 0.1) is 17.6 Å². The number of halogens is 6. The Kier molecular flexibility index (Phi) is 6.28. The number of alkyl halides is 3. The molecule has 1 aliphatic heterocycles. The highest BCUT2D eigenvalue weighted by molar-refractivity contribution is 9.10. The molecule has 3 aliphatic rings. The van der Waals surface area contributed by atoms with Crippen molar-refractivity contribution in [2.75, 3.05) is 6.54 Å². The van der Waals surface area contributed by atoms with Gasteiger partial charge >= 0.3 is 12.3 Å². The topological polar surface area (TPSA) is 75.7 Å². The van der Waals surface area contributed by atoms with E-state index >= 15 is 0 Å². The van der Waals surface area contributed by atoms with Crippen molar-refractivity contribution >= 4 is 33.8 Å². The molecule has 6 nitrogen and oxygen atoms in total. The number of rotatable bonds is 6. The minimum Gasteiger partial charge on any atom is -0.427 e. The van der Waals surface area contributed by atoms with Crippen molar-refractivity contribution in [2.45, 2.75) is 49.9 Å². The molecule has 2 aliphatic carbocycles. The van der Waals surface area contributed by atoms with Gasteiger partial charge in [-0.05, 0) is 64.4 Å². The maximum atomic E-state index is 14.5. The zero-order valence-electron chi connectivity index (χ0n) is 19.1. The number of fused-ring (bicyclic) bond motifs is 2. The minimum atomic E-state index is -4.60. The Labute approximate surface area is 216 Å². The van der Waals surface area contributed by atoms with Crippen LogP contribution >= 0.6 is 15.9 Å². The van der Waals surface area contributed by atoms with Crippen molar-refractivity contribution in [3.8, 4) is 0 Å². The van der Waals surface area contributed by atoms with E-state index in [0.29, 0.717) is 17.7 Å². The van der Waals surface area contributed by atoms with Gasteiger partial charge in [-0.25, -0.2) is 18.5 Å². The Morgan fingerprint density at radius 2 is 1.92 bits per heavy atom. The molecule has 2 aromatic carbocycles. The zero-order valence-corrected chi connectivity index (χ0v) is 20.7. The smallest absolute Gasteiger partial charge is 0.418 e. The number of carbonyl (C=O) groups excluding carboxylic acids is 3. The van der Waals surface area contributed by atoms with Crippen LogP contribution in [0.25, 0.3) is 0 Å². The number of benzene rings is 2. The number of ether oxygens (including phenoxy) is 1. The lowest BCUT2D eigenvalue weighted by Gasteiger charge is -2.22. The predicted molar refractivity (Wildman–Crippen MR) is 122 cm³/mol. The summed E-state index contributed by atoms with van der Waals surface area (Å²) in [6.07, 6.45) is -4.75. The lowest BCUT2D eigenvalue weighted by molar-refractivity contribution is -0.155. The van der Waals surface area contributed by atoms with Gasteiger partial charge in [-0.2, -0.15) is 13.2 Å². The van der Waals surface area contributed by atoms with Gasteiger partial charge in [-0.3, -0.25) is 9.59 Å². The first kappa shape index (κ1) is 25.6. The van der Waals surface area contributed by atoms with Crippen molar-refractivity contribution in [3.05, 3.63) is 68.7 Å². The van der Waals surface area contributed by atoms with E-state index < -0.39 is 65.3 Å². The van der Waals surface area contributed by atoms with Gasteiger partial charge in [-0.1, -0.05) is 18.2 Å². The first-order valence-electron chi connectivity index (χ1n) is 11.6. The van der Waals surface area contributed by atoms with Gasteiger partial charge in [0.05, 0.1) is 10.4 Å². The van der Waals surface area contributed by atoms with Crippen LogP contribution < -0.4 is 5.32 Å². The molecule has 3 amide bonds. The third-order valence-corrected chi connectivity index (χ3v) is 7.68. The van der Waals surface area contributed by atoms with Crippen molar-refractivity contribution in [2.24, 2.45) is 5.92 Å². The summed E-state index contributed by atoms with van der Waals surface area (Å²) in [5.41, 5.74) is -1.48. The van der Waals surface area contributed by atoms with Crippen molar-refractivity contribution in [1.82, 2.24) is 10.2 Å². The third kappa shape index (κ3) is 4.49. The molecule has 196 valence electrons. The Hall–Kier alpha value is -3.02. The van der Waals surface area contributed by atoms with E-state index in [9.17, 15) is 36.3 Å². The number of hydrogen-bond acceptors (Lipinski definition) is 4. The highest BCUT2D eigenvalue weighted by Crippen LogP contribution is 2.51. The summed E-state index contributed by atoms with van der Waals surface area (Å²) < 4.78 is 75.0. The molecular formula is C25H20BrF5N2O4. The second-order valence-corrected chi connectivity index (χ2v) is 10.3. The van der Waals surface area contributed by atoms with E-state index in [4.69, 9.17) is 4.74 Å². The summed E-state index contributed by atoms with van der Waals surface area (Å²) in [6.45, 7) is -0.944. The van der Waals surface area contributed by atoms with E-state index in [0.717, 1.165) is 12.1 Å². The molecule has 1 unspecified atom stereocenters. The summed E-state index contributed by atoms with van der Waals surface area (Å²) in [5.74, 6) is -5.69. The SMILES string of the molecule is O=C(CN1C(=O)OC2(CCc3c2ccc(Br)c3F)C1=O)NCc1ccc(F)c([C@H](C2CC2)C(F)(F)F)c1. The minimum absolute atomic E-state index is 0.0259. The molecule has 1 N–H and O–H groups in total. The van der Waals surface area contributed by atoms with Crippen LogP contribution in [0.5, 0.6) is 0 Å². The molecule has 0 radical (unpaired) electrons. The van der Waals surface area contributed by atoms with Crippen LogP contribution in [0.2, 0.25) is 0 Å². The monoisotopic (exact) mass is 586 g/mol. The largest absolute Gasteiger partial charge is 0.427 e.